The number of hydrogen-bond acceptors (Lipinski definition) is 11. The van der Waals surface area contributed by atoms with Gasteiger partial charge in [0.1, 0.15) is 17.2 Å². The third kappa shape index (κ3) is 12.5. The van der Waals surface area contributed by atoms with Crippen molar-refractivity contribution in [1.82, 2.24) is 16.0 Å². The molecule has 0 radical (unpaired) electrons. The number of rotatable bonds is 14. The van der Waals surface area contributed by atoms with Gasteiger partial charge in [-0.2, -0.15) is 0 Å². The molecule has 2 heterocycles. The van der Waals surface area contributed by atoms with Gasteiger partial charge in [0, 0.05) is 82.5 Å². The number of allylic oxidation sites excluding steroid dienone is 7. The van der Waals surface area contributed by atoms with Crippen molar-refractivity contribution in [2.24, 2.45) is 27.7 Å². The maximum Gasteiger partial charge on any atom is 0.352 e. The van der Waals surface area contributed by atoms with Crippen molar-refractivity contribution >= 4 is 23.4 Å². The summed E-state index contributed by atoms with van der Waals surface area (Å²) in [6.45, 7) is 3.95. The summed E-state index contributed by atoms with van der Waals surface area (Å²) in [6, 6.07) is 0. The zero-order valence-electron chi connectivity index (χ0n) is 28.8. The molecule has 4 unspecified atom stereocenters. The predicted octanol–water partition coefficient (Wildman–Crippen LogP) is 2.81. The van der Waals surface area contributed by atoms with E-state index < -0.39 is 11.9 Å². The lowest BCUT2D eigenvalue weighted by atomic mass is 9.95. The summed E-state index contributed by atoms with van der Waals surface area (Å²) >= 11 is 0. The Morgan fingerprint density at radius 2 is 1.33 bits per heavy atom. The van der Waals surface area contributed by atoms with Gasteiger partial charge in [-0.1, -0.05) is 41.9 Å². The smallest absolute Gasteiger partial charge is 0.352 e. The van der Waals surface area contributed by atoms with E-state index in [1.807, 2.05) is 42.5 Å². The molecule has 4 aliphatic rings. The minimum absolute atomic E-state index is 0.0888. The average molecular weight is 670 g/mol. The molecule has 4 rings (SSSR count). The molecular weight excluding hydrogens is 622 g/mol. The summed E-state index contributed by atoms with van der Waals surface area (Å²) in [4.78, 5) is 33.6. The molecule has 0 aromatic carbocycles. The van der Waals surface area contributed by atoms with Crippen LogP contribution in [0.3, 0.4) is 0 Å². The quantitative estimate of drug-likeness (QED) is 0.145. The summed E-state index contributed by atoms with van der Waals surface area (Å²) < 4.78 is 20.5. The number of nitrogens with zero attached hydrogens (tertiary/aromatic N) is 2. The molecule has 0 aromatic heterocycles. The van der Waals surface area contributed by atoms with Gasteiger partial charge in [-0.05, 0) is 43.2 Å². The van der Waals surface area contributed by atoms with Gasteiger partial charge in [0.15, 0.2) is 0 Å². The first kappa shape index (κ1) is 37.3. The van der Waals surface area contributed by atoms with Crippen molar-refractivity contribution in [3.63, 3.8) is 0 Å². The molecule has 2 aliphatic carbocycles. The number of ether oxygens (including phenoxy) is 4. The Bertz CT molecular complexity index is 1580. The first-order valence-corrected chi connectivity index (χ1v) is 16.6. The van der Waals surface area contributed by atoms with E-state index in [4.69, 9.17) is 18.9 Å². The van der Waals surface area contributed by atoms with Crippen molar-refractivity contribution < 1.29 is 28.5 Å². The number of nitrogens with one attached hydrogen (secondary N) is 3. The number of carbonyl (C=O) groups is 2. The number of hydrogen-bond donors (Lipinski definition) is 3. The van der Waals surface area contributed by atoms with E-state index in [1.165, 1.54) is 14.2 Å². The Morgan fingerprint density at radius 1 is 0.735 bits per heavy atom. The maximum absolute atomic E-state index is 12.3. The highest BCUT2D eigenvalue weighted by Gasteiger charge is 2.23. The molecule has 0 saturated heterocycles. The zero-order valence-corrected chi connectivity index (χ0v) is 28.8. The molecule has 11 nitrogen and oxygen atoms in total. The van der Waals surface area contributed by atoms with Crippen molar-refractivity contribution in [2.45, 2.75) is 31.8 Å². The summed E-state index contributed by atoms with van der Waals surface area (Å²) in [6.07, 6.45) is 18.6. The number of aliphatic imine (C=N–C) groups is 2. The summed E-state index contributed by atoms with van der Waals surface area (Å²) in [5.74, 6) is 13.0. The minimum atomic E-state index is -0.429. The average Bonchev–Trinajstić information content (AvgIpc) is 3.15. The SMILES string of the molecule is COC(=O)C1=NC(CNCCNCCNCC2=CC(C#CC3C=CC(OC)=CC3)CC(C(=O)OC)=N2)=CC(C#CC2=CCC(OC)C=C2)C1. The van der Waals surface area contributed by atoms with Crippen LogP contribution in [0.5, 0.6) is 0 Å². The lowest BCUT2D eigenvalue weighted by molar-refractivity contribution is -0.133. The summed E-state index contributed by atoms with van der Waals surface area (Å²) in [7, 11) is 6.08. The highest BCUT2D eigenvalue weighted by molar-refractivity contribution is 6.37. The zero-order chi connectivity index (χ0) is 34.8. The van der Waals surface area contributed by atoms with Gasteiger partial charge in [-0.15, -0.1) is 0 Å². The Kier molecular flexibility index (Phi) is 15.3. The molecule has 2 aliphatic heterocycles. The van der Waals surface area contributed by atoms with Crippen LogP contribution in [-0.2, 0) is 28.5 Å². The molecule has 3 N–H and O–H groups in total. The fraction of sp³-hybridized carbons (Fsp3) is 0.474. The Balaban J connectivity index is 1.18. The topological polar surface area (TPSA) is 132 Å². The second kappa shape index (κ2) is 20.1. The van der Waals surface area contributed by atoms with E-state index in [0.717, 1.165) is 48.7 Å². The van der Waals surface area contributed by atoms with E-state index in [0.29, 0.717) is 50.4 Å². The van der Waals surface area contributed by atoms with Gasteiger partial charge in [0.05, 0.1) is 38.8 Å². The molecule has 49 heavy (non-hydrogen) atoms. The number of esters is 2. The molecule has 0 bridgehead atoms. The second-order valence-electron chi connectivity index (χ2n) is 11.7. The highest BCUT2D eigenvalue weighted by Crippen LogP contribution is 2.21. The van der Waals surface area contributed by atoms with Crippen LogP contribution in [0.2, 0.25) is 0 Å². The van der Waals surface area contributed by atoms with Gasteiger partial charge in [0.25, 0.3) is 0 Å². The third-order valence-electron chi connectivity index (χ3n) is 8.10. The van der Waals surface area contributed by atoms with Gasteiger partial charge in [-0.3, -0.25) is 0 Å². The third-order valence-corrected chi connectivity index (χ3v) is 8.10. The fourth-order valence-corrected chi connectivity index (χ4v) is 5.42. The molecule has 0 spiro atoms. The monoisotopic (exact) mass is 669 g/mol. The van der Waals surface area contributed by atoms with Crippen LogP contribution < -0.4 is 16.0 Å². The van der Waals surface area contributed by atoms with Crippen LogP contribution in [0.1, 0.15) is 25.7 Å². The van der Waals surface area contributed by atoms with Crippen molar-refractivity contribution in [2.75, 3.05) is 67.7 Å². The first-order chi connectivity index (χ1) is 23.9. The molecule has 0 amide bonds. The Morgan fingerprint density at radius 3 is 1.84 bits per heavy atom. The largest absolute Gasteiger partial charge is 0.497 e. The van der Waals surface area contributed by atoms with E-state index in [9.17, 15) is 9.59 Å². The lowest BCUT2D eigenvalue weighted by Gasteiger charge is -2.17. The normalized spacial score (nSPS) is 22.8. The predicted molar refractivity (Wildman–Crippen MR) is 190 cm³/mol. The molecule has 0 fully saturated rings. The van der Waals surface area contributed by atoms with Gasteiger partial charge in [0.2, 0.25) is 0 Å². The van der Waals surface area contributed by atoms with Crippen LogP contribution >= 0.6 is 0 Å². The molecule has 260 valence electrons. The fourth-order valence-electron chi connectivity index (χ4n) is 5.42. The van der Waals surface area contributed by atoms with Crippen LogP contribution in [0.25, 0.3) is 0 Å². The van der Waals surface area contributed by atoms with Crippen LogP contribution in [0.15, 0.2) is 81.3 Å². The van der Waals surface area contributed by atoms with E-state index >= 15 is 0 Å². The Labute approximate surface area is 289 Å². The second-order valence-corrected chi connectivity index (χ2v) is 11.7. The molecule has 4 atom stereocenters. The van der Waals surface area contributed by atoms with E-state index in [1.54, 1.807) is 14.2 Å². The highest BCUT2D eigenvalue weighted by atomic mass is 16.5. The minimum Gasteiger partial charge on any atom is -0.497 e. The molecule has 11 heteroatoms. The van der Waals surface area contributed by atoms with Crippen molar-refractivity contribution in [3.05, 3.63) is 71.3 Å². The van der Waals surface area contributed by atoms with Gasteiger partial charge < -0.3 is 34.9 Å². The number of carbonyl (C=O) groups excluding carboxylic acids is 2. The molecule has 0 aromatic rings. The molecule has 0 saturated carbocycles. The van der Waals surface area contributed by atoms with Crippen LogP contribution in [0.4, 0.5) is 0 Å². The number of methoxy groups -OCH3 is 4. The Hall–Kier alpha value is -4.52. The van der Waals surface area contributed by atoms with Crippen molar-refractivity contribution in [1.29, 1.82) is 0 Å². The van der Waals surface area contributed by atoms with Gasteiger partial charge >= 0.3 is 11.9 Å². The van der Waals surface area contributed by atoms with E-state index in [-0.39, 0.29) is 23.9 Å². The van der Waals surface area contributed by atoms with Gasteiger partial charge in [-0.25, -0.2) is 19.6 Å². The van der Waals surface area contributed by atoms with Crippen LogP contribution in [0, 0.1) is 41.4 Å². The standard InChI is InChI=1S/C38H47N5O6/c1-46-33-13-9-27(10-14-33)5-7-29-21-31(42-35(23-29)37(44)48-3)25-40-19-17-39-18-20-41-26-32-22-30(24-36(43-32)38(45)49-4)8-6-28-11-15-34(47-2)16-12-28/h9-11,13,15-16,21-22,28-30,33,39-41H,12,14,17-20,23-26H2,1-4H3. The van der Waals surface area contributed by atoms with Crippen LogP contribution in [-0.4, -0.2) is 97.2 Å². The lowest BCUT2D eigenvalue weighted by Crippen LogP contribution is -2.34. The molecular formula is C38H47N5O6. The maximum atomic E-state index is 12.3. The summed E-state index contributed by atoms with van der Waals surface area (Å²) in [5, 5.41) is 10.2. The van der Waals surface area contributed by atoms with E-state index in [2.05, 4.69) is 55.7 Å². The first-order valence-electron chi connectivity index (χ1n) is 16.6. The van der Waals surface area contributed by atoms with Crippen molar-refractivity contribution in [3.8, 4) is 23.7 Å². The summed E-state index contributed by atoms with van der Waals surface area (Å²) in [5.41, 5.74) is 3.25.